The van der Waals surface area contributed by atoms with Gasteiger partial charge in [-0.1, -0.05) is 19.9 Å². The molecule has 1 atom stereocenters. The summed E-state index contributed by atoms with van der Waals surface area (Å²) >= 11 is 0. The molecule has 0 bridgehead atoms. The predicted molar refractivity (Wildman–Crippen MR) is 97.2 cm³/mol. The fraction of sp³-hybridized carbons (Fsp3) is 0.579. The monoisotopic (exact) mass is 365 g/mol. The first-order valence-electron chi connectivity index (χ1n) is 9.01. The van der Waals surface area contributed by atoms with Crippen molar-refractivity contribution in [2.24, 2.45) is 5.92 Å². The van der Waals surface area contributed by atoms with Gasteiger partial charge < -0.3 is 15.4 Å². The Labute approximate surface area is 154 Å². The van der Waals surface area contributed by atoms with Crippen LogP contribution in [0.3, 0.4) is 0 Å². The molecule has 144 valence electrons. The molecule has 0 aliphatic carbocycles. The molecule has 1 unspecified atom stereocenters. The lowest BCUT2D eigenvalue weighted by atomic mass is 10.1. The molecule has 1 aromatic rings. The van der Waals surface area contributed by atoms with E-state index < -0.39 is 6.04 Å². The summed E-state index contributed by atoms with van der Waals surface area (Å²) in [6.45, 7) is 6.10. The summed E-state index contributed by atoms with van der Waals surface area (Å²) in [5, 5.41) is 5.64. The standard InChI is InChI=1S/C19H28FN3O3/c1-13(2)6-7-21-18(24)11-17-19(25)22-8-9-23(17)12-14-4-5-15(26-3)10-16(14)20/h4-5,10,13,17H,6-9,11-12H2,1-3H3,(H,21,24)(H,22,25). The normalized spacial score (nSPS) is 17.9. The van der Waals surface area contributed by atoms with Gasteiger partial charge in [0.15, 0.2) is 0 Å². The van der Waals surface area contributed by atoms with Crippen molar-refractivity contribution in [2.45, 2.75) is 39.3 Å². The lowest BCUT2D eigenvalue weighted by Crippen LogP contribution is -2.56. The third kappa shape index (κ3) is 5.69. The van der Waals surface area contributed by atoms with Crippen molar-refractivity contribution in [3.05, 3.63) is 29.6 Å². The highest BCUT2D eigenvalue weighted by atomic mass is 19.1. The molecular formula is C19H28FN3O3. The molecule has 0 aromatic heterocycles. The van der Waals surface area contributed by atoms with Crippen LogP contribution in [0.2, 0.25) is 0 Å². The summed E-state index contributed by atoms with van der Waals surface area (Å²) in [5.74, 6) is 0.221. The van der Waals surface area contributed by atoms with Crippen LogP contribution in [0.1, 0.15) is 32.3 Å². The van der Waals surface area contributed by atoms with Gasteiger partial charge in [0, 0.05) is 37.8 Å². The number of piperazine rings is 1. The minimum absolute atomic E-state index is 0.0711. The van der Waals surface area contributed by atoms with Gasteiger partial charge in [0.05, 0.1) is 19.6 Å². The Bertz CT molecular complexity index is 636. The molecule has 1 fully saturated rings. The van der Waals surface area contributed by atoms with E-state index in [1.165, 1.54) is 13.2 Å². The number of rotatable bonds is 8. The number of amides is 2. The summed E-state index contributed by atoms with van der Waals surface area (Å²) in [4.78, 5) is 26.3. The Morgan fingerprint density at radius 3 is 2.88 bits per heavy atom. The molecule has 0 saturated carbocycles. The van der Waals surface area contributed by atoms with Gasteiger partial charge in [0.25, 0.3) is 0 Å². The Hall–Kier alpha value is -2.15. The molecule has 2 amide bonds. The SMILES string of the molecule is COc1ccc(CN2CCNC(=O)C2CC(=O)NCCC(C)C)c(F)c1. The molecule has 1 aliphatic heterocycles. The second-order valence-corrected chi connectivity index (χ2v) is 6.97. The molecular weight excluding hydrogens is 337 g/mol. The van der Waals surface area contributed by atoms with Crippen LogP contribution < -0.4 is 15.4 Å². The Morgan fingerprint density at radius 1 is 1.46 bits per heavy atom. The zero-order valence-electron chi connectivity index (χ0n) is 15.7. The lowest BCUT2D eigenvalue weighted by molar-refractivity contribution is -0.134. The van der Waals surface area contributed by atoms with Crippen LogP contribution in [0, 0.1) is 11.7 Å². The first kappa shape index (κ1) is 20.2. The Morgan fingerprint density at radius 2 is 2.23 bits per heavy atom. The quantitative estimate of drug-likeness (QED) is 0.735. The summed E-state index contributed by atoms with van der Waals surface area (Å²) in [5.41, 5.74) is 0.478. The van der Waals surface area contributed by atoms with E-state index in [0.717, 1.165) is 6.42 Å². The number of carbonyl (C=O) groups excluding carboxylic acids is 2. The van der Waals surface area contributed by atoms with Crippen LogP contribution in [0.25, 0.3) is 0 Å². The molecule has 1 aromatic carbocycles. The number of nitrogens with one attached hydrogen (secondary N) is 2. The number of methoxy groups -OCH3 is 1. The molecule has 0 radical (unpaired) electrons. The van der Waals surface area contributed by atoms with Crippen LogP contribution in [0.15, 0.2) is 18.2 Å². The average molecular weight is 365 g/mol. The first-order chi connectivity index (χ1) is 12.4. The van der Waals surface area contributed by atoms with E-state index in [2.05, 4.69) is 24.5 Å². The van der Waals surface area contributed by atoms with Crippen LogP contribution in [0.4, 0.5) is 4.39 Å². The molecule has 1 saturated heterocycles. The average Bonchev–Trinajstić information content (AvgIpc) is 2.59. The second-order valence-electron chi connectivity index (χ2n) is 6.97. The van der Waals surface area contributed by atoms with Gasteiger partial charge in [-0.05, 0) is 18.4 Å². The van der Waals surface area contributed by atoms with E-state index >= 15 is 0 Å². The number of benzene rings is 1. The van der Waals surface area contributed by atoms with E-state index in [9.17, 15) is 14.0 Å². The van der Waals surface area contributed by atoms with E-state index in [4.69, 9.17) is 4.74 Å². The molecule has 0 spiro atoms. The second kappa shape index (κ2) is 9.52. The zero-order valence-corrected chi connectivity index (χ0v) is 15.7. The first-order valence-corrected chi connectivity index (χ1v) is 9.01. The molecule has 26 heavy (non-hydrogen) atoms. The maximum Gasteiger partial charge on any atom is 0.237 e. The van der Waals surface area contributed by atoms with E-state index in [1.807, 2.05) is 4.90 Å². The number of halogens is 1. The van der Waals surface area contributed by atoms with E-state index in [-0.39, 0.29) is 30.6 Å². The third-order valence-corrected chi connectivity index (χ3v) is 4.50. The fourth-order valence-corrected chi connectivity index (χ4v) is 2.92. The molecule has 2 N–H and O–H groups in total. The third-order valence-electron chi connectivity index (χ3n) is 4.50. The van der Waals surface area contributed by atoms with Gasteiger partial charge in [0.1, 0.15) is 11.6 Å². The van der Waals surface area contributed by atoms with Gasteiger partial charge in [0.2, 0.25) is 11.8 Å². The number of nitrogens with zero attached hydrogens (tertiary/aromatic N) is 1. The fourth-order valence-electron chi connectivity index (χ4n) is 2.92. The van der Waals surface area contributed by atoms with E-state index in [1.54, 1.807) is 12.1 Å². The van der Waals surface area contributed by atoms with Crippen LogP contribution in [0.5, 0.6) is 5.75 Å². The minimum Gasteiger partial charge on any atom is -0.497 e. The Kier molecular flexibility index (Phi) is 7.38. The summed E-state index contributed by atoms with van der Waals surface area (Å²) in [6.07, 6.45) is 0.963. The Balaban J connectivity index is 2.01. The zero-order chi connectivity index (χ0) is 19.1. The van der Waals surface area contributed by atoms with Crippen molar-refractivity contribution in [1.29, 1.82) is 0 Å². The topological polar surface area (TPSA) is 70.7 Å². The molecule has 7 heteroatoms. The van der Waals surface area contributed by atoms with E-state index in [0.29, 0.717) is 36.9 Å². The highest BCUT2D eigenvalue weighted by Crippen LogP contribution is 2.20. The lowest BCUT2D eigenvalue weighted by Gasteiger charge is -2.34. The molecule has 1 heterocycles. The number of carbonyl (C=O) groups is 2. The maximum atomic E-state index is 14.2. The number of hydrogen-bond donors (Lipinski definition) is 2. The summed E-state index contributed by atoms with van der Waals surface area (Å²) in [7, 11) is 1.48. The van der Waals surface area contributed by atoms with Crippen LogP contribution >= 0.6 is 0 Å². The highest BCUT2D eigenvalue weighted by Gasteiger charge is 2.32. The predicted octanol–water partition coefficient (Wildman–Crippen LogP) is 1.69. The number of ether oxygens (including phenoxy) is 1. The van der Waals surface area contributed by atoms with Gasteiger partial charge in [-0.15, -0.1) is 0 Å². The van der Waals surface area contributed by atoms with Gasteiger partial charge in [-0.3, -0.25) is 14.5 Å². The van der Waals surface area contributed by atoms with Gasteiger partial charge in [-0.25, -0.2) is 4.39 Å². The highest BCUT2D eigenvalue weighted by molar-refractivity contribution is 5.88. The maximum absolute atomic E-state index is 14.2. The summed E-state index contributed by atoms with van der Waals surface area (Å²) < 4.78 is 19.2. The largest absolute Gasteiger partial charge is 0.497 e. The van der Waals surface area contributed by atoms with Crippen molar-refractivity contribution in [3.63, 3.8) is 0 Å². The van der Waals surface area contributed by atoms with Crippen molar-refractivity contribution in [1.82, 2.24) is 15.5 Å². The molecule has 6 nitrogen and oxygen atoms in total. The minimum atomic E-state index is -0.593. The number of hydrogen-bond acceptors (Lipinski definition) is 4. The molecule has 1 aliphatic rings. The van der Waals surface area contributed by atoms with Crippen molar-refractivity contribution < 1.29 is 18.7 Å². The van der Waals surface area contributed by atoms with Crippen molar-refractivity contribution in [2.75, 3.05) is 26.7 Å². The smallest absolute Gasteiger partial charge is 0.237 e. The van der Waals surface area contributed by atoms with Gasteiger partial charge >= 0.3 is 0 Å². The van der Waals surface area contributed by atoms with Crippen molar-refractivity contribution in [3.8, 4) is 5.75 Å². The summed E-state index contributed by atoms with van der Waals surface area (Å²) in [6, 6.07) is 4.08. The van der Waals surface area contributed by atoms with Crippen LogP contribution in [-0.4, -0.2) is 49.5 Å². The van der Waals surface area contributed by atoms with Gasteiger partial charge in [-0.2, -0.15) is 0 Å². The molecule has 2 rings (SSSR count). The van der Waals surface area contributed by atoms with Crippen LogP contribution in [-0.2, 0) is 16.1 Å². The van der Waals surface area contributed by atoms with Crippen molar-refractivity contribution >= 4 is 11.8 Å².